The van der Waals surface area contributed by atoms with Crippen LogP contribution in [0.25, 0.3) is 10.7 Å². The molecule has 2 amide bonds. The number of carbonyl (C=O) groups is 1. The number of nitrogens with one attached hydrogen (secondary N) is 2. The summed E-state index contributed by atoms with van der Waals surface area (Å²) in [6.45, 7) is 0.687. The van der Waals surface area contributed by atoms with E-state index in [1.807, 2.05) is 42.5 Å². The van der Waals surface area contributed by atoms with E-state index in [9.17, 15) is 4.79 Å². The number of carbonyl (C=O) groups excluding carboxylic acids is 1. The number of nitrogens with zero attached hydrogens (tertiary/aromatic N) is 3. The smallest absolute Gasteiger partial charge is 0.321 e. The van der Waals surface area contributed by atoms with Gasteiger partial charge in [-0.25, -0.2) is 4.79 Å². The number of fused-ring (bicyclic) bond motifs is 1. The molecule has 0 saturated heterocycles. The third-order valence-electron chi connectivity index (χ3n) is 3.59. The molecule has 0 aliphatic carbocycles. The first-order chi connectivity index (χ1) is 12.8. The van der Waals surface area contributed by atoms with Crippen LogP contribution in [0.4, 0.5) is 9.93 Å². The number of rotatable bonds is 4. The van der Waals surface area contributed by atoms with Crippen molar-refractivity contribution in [2.75, 3.05) is 18.5 Å². The van der Waals surface area contributed by atoms with E-state index < -0.39 is 0 Å². The van der Waals surface area contributed by atoms with E-state index in [4.69, 9.17) is 9.47 Å². The summed E-state index contributed by atoms with van der Waals surface area (Å²) in [6.07, 6.45) is 1.43. The molecule has 0 saturated carbocycles. The van der Waals surface area contributed by atoms with Crippen LogP contribution in [0, 0.1) is 0 Å². The van der Waals surface area contributed by atoms with Gasteiger partial charge in [0.05, 0.1) is 6.54 Å². The van der Waals surface area contributed by atoms with Crippen LogP contribution in [0.5, 0.6) is 11.5 Å². The van der Waals surface area contributed by atoms with Crippen molar-refractivity contribution in [3.05, 3.63) is 48.7 Å². The fourth-order valence-electron chi connectivity index (χ4n) is 2.38. The molecule has 3 heterocycles. The van der Waals surface area contributed by atoms with Gasteiger partial charge in [-0.2, -0.15) is 0 Å². The van der Waals surface area contributed by atoms with E-state index in [-0.39, 0.29) is 12.1 Å². The lowest BCUT2D eigenvalue weighted by Crippen LogP contribution is -2.42. The van der Waals surface area contributed by atoms with Crippen LogP contribution in [-0.2, 0) is 0 Å². The summed E-state index contributed by atoms with van der Waals surface area (Å²) in [5, 5.41) is 14.4. The Morgan fingerprint density at radius 1 is 1.15 bits per heavy atom. The van der Waals surface area contributed by atoms with Crippen molar-refractivity contribution < 1.29 is 14.3 Å². The zero-order valence-electron chi connectivity index (χ0n) is 13.6. The highest BCUT2D eigenvalue weighted by atomic mass is 32.1. The highest BCUT2D eigenvalue weighted by Crippen LogP contribution is 2.30. The van der Waals surface area contributed by atoms with Crippen LogP contribution in [0.2, 0.25) is 0 Å². The SMILES string of the molecule is O=C(NCC1COc2ccccc2O1)Nc1nnc(-c2ccccn2)s1. The minimum atomic E-state index is -0.379. The average molecular weight is 369 g/mol. The van der Waals surface area contributed by atoms with Crippen molar-refractivity contribution in [3.63, 3.8) is 0 Å². The molecule has 1 aromatic carbocycles. The maximum absolute atomic E-state index is 12.1. The van der Waals surface area contributed by atoms with Crippen LogP contribution >= 0.6 is 11.3 Å². The first kappa shape index (κ1) is 16.3. The maximum atomic E-state index is 12.1. The predicted octanol–water partition coefficient (Wildman–Crippen LogP) is 2.56. The normalized spacial score (nSPS) is 15.3. The van der Waals surface area contributed by atoms with E-state index in [1.165, 1.54) is 11.3 Å². The molecule has 4 rings (SSSR count). The summed E-state index contributed by atoms with van der Waals surface area (Å²) in [4.78, 5) is 16.3. The third-order valence-corrected chi connectivity index (χ3v) is 4.45. The van der Waals surface area contributed by atoms with Crippen LogP contribution in [-0.4, -0.2) is 40.5 Å². The molecule has 9 heteroatoms. The molecule has 0 fully saturated rings. The number of aromatic nitrogens is 3. The van der Waals surface area contributed by atoms with Crippen LogP contribution in [0.1, 0.15) is 0 Å². The molecule has 26 heavy (non-hydrogen) atoms. The Kier molecular flexibility index (Phi) is 4.61. The average Bonchev–Trinajstić information content (AvgIpc) is 3.15. The van der Waals surface area contributed by atoms with E-state index in [1.54, 1.807) is 6.20 Å². The lowest BCUT2D eigenvalue weighted by atomic mass is 10.2. The monoisotopic (exact) mass is 369 g/mol. The lowest BCUT2D eigenvalue weighted by molar-refractivity contribution is 0.0922. The van der Waals surface area contributed by atoms with Gasteiger partial charge in [-0.1, -0.05) is 29.5 Å². The number of hydrogen-bond donors (Lipinski definition) is 2. The number of anilines is 1. The maximum Gasteiger partial charge on any atom is 0.321 e. The van der Waals surface area contributed by atoms with E-state index in [0.717, 1.165) is 0 Å². The van der Waals surface area contributed by atoms with Crippen molar-refractivity contribution >= 4 is 22.5 Å². The second-order valence-corrected chi connectivity index (χ2v) is 6.44. The van der Waals surface area contributed by atoms with Gasteiger partial charge in [0.25, 0.3) is 0 Å². The van der Waals surface area contributed by atoms with Crippen LogP contribution < -0.4 is 20.1 Å². The standard InChI is InChI=1S/C17H15N5O3S/c23-16(19-9-11-10-24-13-6-1-2-7-14(13)25-11)20-17-22-21-15(26-17)12-5-3-4-8-18-12/h1-8,11H,9-10H2,(H2,19,20,22,23). The fraction of sp³-hybridized carbons (Fsp3) is 0.176. The molecule has 1 aliphatic rings. The minimum absolute atomic E-state index is 0.255. The van der Waals surface area contributed by atoms with Gasteiger partial charge in [-0.3, -0.25) is 10.3 Å². The van der Waals surface area contributed by atoms with Gasteiger partial charge >= 0.3 is 6.03 Å². The molecule has 1 aliphatic heterocycles. The largest absolute Gasteiger partial charge is 0.486 e. The fourth-order valence-corrected chi connectivity index (χ4v) is 3.09. The van der Waals surface area contributed by atoms with Crippen LogP contribution in [0.15, 0.2) is 48.7 Å². The van der Waals surface area contributed by atoms with Gasteiger partial charge < -0.3 is 14.8 Å². The third kappa shape index (κ3) is 3.72. The highest BCUT2D eigenvalue weighted by molar-refractivity contribution is 7.18. The zero-order chi connectivity index (χ0) is 17.8. The van der Waals surface area contributed by atoms with Gasteiger partial charge in [0.1, 0.15) is 12.3 Å². The summed E-state index contributed by atoms with van der Waals surface area (Å²) in [5.74, 6) is 1.39. The Bertz CT molecular complexity index is 902. The van der Waals surface area contributed by atoms with Gasteiger partial charge in [-0.05, 0) is 24.3 Å². The summed E-state index contributed by atoms with van der Waals surface area (Å²) < 4.78 is 11.4. The minimum Gasteiger partial charge on any atom is -0.486 e. The molecule has 0 radical (unpaired) electrons. The topological polar surface area (TPSA) is 98.3 Å². The van der Waals surface area contributed by atoms with Crippen LogP contribution in [0.3, 0.4) is 0 Å². The molecule has 1 unspecified atom stereocenters. The van der Waals surface area contributed by atoms with Crippen molar-refractivity contribution in [2.24, 2.45) is 0 Å². The van der Waals surface area contributed by atoms with Gasteiger partial charge in [0, 0.05) is 6.20 Å². The molecule has 3 aromatic rings. The number of amides is 2. The molecular formula is C17H15N5O3S. The first-order valence-electron chi connectivity index (χ1n) is 7.96. The number of hydrogen-bond acceptors (Lipinski definition) is 7. The lowest BCUT2D eigenvalue weighted by Gasteiger charge is -2.26. The summed E-state index contributed by atoms with van der Waals surface area (Å²) in [6, 6.07) is 12.6. The molecule has 2 aromatic heterocycles. The van der Waals surface area contributed by atoms with Crippen molar-refractivity contribution in [3.8, 4) is 22.2 Å². The molecule has 8 nitrogen and oxygen atoms in total. The number of para-hydroxylation sites is 2. The molecule has 132 valence electrons. The van der Waals surface area contributed by atoms with Crippen molar-refractivity contribution in [1.82, 2.24) is 20.5 Å². The van der Waals surface area contributed by atoms with Gasteiger partial charge in [-0.15, -0.1) is 10.2 Å². The van der Waals surface area contributed by atoms with Gasteiger partial charge in [0.15, 0.2) is 22.6 Å². The van der Waals surface area contributed by atoms with E-state index in [0.29, 0.717) is 40.5 Å². The van der Waals surface area contributed by atoms with E-state index >= 15 is 0 Å². The highest BCUT2D eigenvalue weighted by Gasteiger charge is 2.21. The molecule has 1 atom stereocenters. The quantitative estimate of drug-likeness (QED) is 0.733. The van der Waals surface area contributed by atoms with Gasteiger partial charge in [0.2, 0.25) is 5.13 Å². The first-order valence-corrected chi connectivity index (χ1v) is 8.78. The Balaban J connectivity index is 1.29. The number of urea groups is 1. The van der Waals surface area contributed by atoms with E-state index in [2.05, 4.69) is 25.8 Å². The number of pyridine rings is 1. The van der Waals surface area contributed by atoms with Crippen molar-refractivity contribution in [1.29, 1.82) is 0 Å². The summed E-state index contributed by atoms with van der Waals surface area (Å²) >= 11 is 1.25. The molecule has 0 spiro atoms. The Hall–Kier alpha value is -3.20. The molecule has 0 bridgehead atoms. The Morgan fingerprint density at radius 3 is 2.85 bits per heavy atom. The second-order valence-electron chi connectivity index (χ2n) is 5.46. The second kappa shape index (κ2) is 7.36. The summed E-state index contributed by atoms with van der Waals surface area (Å²) in [7, 11) is 0. The molecular weight excluding hydrogens is 354 g/mol. The Labute approximate surface area is 153 Å². The van der Waals surface area contributed by atoms with Crippen molar-refractivity contribution in [2.45, 2.75) is 6.10 Å². The zero-order valence-corrected chi connectivity index (χ0v) is 14.4. The molecule has 2 N–H and O–H groups in total. The predicted molar refractivity (Wildman–Crippen MR) is 96.5 cm³/mol. The summed E-state index contributed by atoms with van der Waals surface area (Å²) in [5.41, 5.74) is 0.713. The number of benzene rings is 1. The Morgan fingerprint density at radius 2 is 2.00 bits per heavy atom. The number of ether oxygens (including phenoxy) is 2.